The van der Waals surface area contributed by atoms with Crippen LogP contribution in [0.1, 0.15) is 21.3 Å². The average Bonchev–Trinajstić information content (AvgIpc) is 1.65. The molecule has 2 heteroatoms. The van der Waals surface area contributed by atoms with E-state index in [1.54, 1.807) is 13.8 Å². The van der Waals surface area contributed by atoms with Crippen molar-refractivity contribution in [1.29, 1.82) is 0 Å². The topological polar surface area (TPSA) is 37.3 Å². The normalized spacial score (nSPS) is 8.50. The summed E-state index contributed by atoms with van der Waals surface area (Å²) in [6.07, 6.45) is 0. The van der Waals surface area contributed by atoms with Gasteiger partial charge in [-0.25, -0.2) is 0 Å². The van der Waals surface area contributed by atoms with Gasteiger partial charge in [-0.1, -0.05) is 21.3 Å². The largest absolute Gasteiger partial charge is 0.389 e. The first-order chi connectivity index (χ1) is 3.18. The van der Waals surface area contributed by atoms with Gasteiger partial charge in [0.15, 0.2) is 5.78 Å². The third-order valence-corrected chi connectivity index (χ3v) is 0.800. The number of hydrogen-bond acceptors (Lipinski definition) is 2. The molecule has 0 spiro atoms. The van der Waals surface area contributed by atoms with E-state index in [2.05, 4.69) is 0 Å². The minimum Gasteiger partial charge on any atom is -0.389 e. The first-order valence-corrected chi connectivity index (χ1v) is 2.32. The van der Waals surface area contributed by atoms with Crippen molar-refractivity contribution in [1.82, 2.24) is 0 Å². The molecule has 0 saturated carbocycles. The van der Waals surface area contributed by atoms with Gasteiger partial charge in [0.2, 0.25) is 0 Å². The van der Waals surface area contributed by atoms with Gasteiger partial charge in [0.1, 0.15) is 6.61 Å². The molecule has 0 aromatic heterocycles. The molecule has 0 aliphatic rings. The van der Waals surface area contributed by atoms with Gasteiger partial charge in [-0.3, -0.25) is 4.79 Å². The Kier molecular flexibility index (Phi) is 6.32. The van der Waals surface area contributed by atoms with Gasteiger partial charge in [-0.15, -0.1) is 0 Å². The van der Waals surface area contributed by atoms with Crippen LogP contribution in [0.2, 0.25) is 0 Å². The molecule has 0 aliphatic heterocycles. The highest BCUT2D eigenvalue weighted by Crippen LogP contribution is 1.90. The number of ketones is 1. The Morgan fingerprint density at radius 2 is 2.00 bits per heavy atom. The fourth-order valence-electron chi connectivity index (χ4n) is 0.183. The van der Waals surface area contributed by atoms with E-state index in [-0.39, 0.29) is 25.7 Å². The molecule has 0 heterocycles. The van der Waals surface area contributed by atoms with Crippen LogP contribution in [0.4, 0.5) is 0 Å². The first-order valence-electron chi connectivity index (χ1n) is 2.32. The summed E-state index contributed by atoms with van der Waals surface area (Å²) in [5.74, 6) is -0.120. The quantitative estimate of drug-likeness (QED) is 0.583. The number of aliphatic hydroxyl groups is 1. The second-order valence-electron chi connectivity index (χ2n) is 1.78. The minimum atomic E-state index is -0.322. The number of aliphatic hydroxyl groups excluding tert-OH is 1. The van der Waals surface area contributed by atoms with Crippen molar-refractivity contribution in [2.75, 3.05) is 6.61 Å². The van der Waals surface area contributed by atoms with Crippen molar-refractivity contribution in [3.63, 3.8) is 0 Å². The molecule has 0 amide bonds. The molecule has 8 heavy (non-hydrogen) atoms. The Balaban J connectivity index is 0. The fourth-order valence-corrected chi connectivity index (χ4v) is 0.183. The summed E-state index contributed by atoms with van der Waals surface area (Å²) in [5, 5.41) is 8.16. The van der Waals surface area contributed by atoms with Crippen LogP contribution in [0, 0.1) is 5.92 Å². The second-order valence-corrected chi connectivity index (χ2v) is 1.78. The highest BCUT2D eigenvalue weighted by Gasteiger charge is 2.02. The van der Waals surface area contributed by atoms with Crippen LogP contribution in [-0.2, 0) is 4.79 Å². The summed E-state index contributed by atoms with van der Waals surface area (Å²) >= 11 is 0. The van der Waals surface area contributed by atoms with Gasteiger partial charge in [0.05, 0.1) is 0 Å². The zero-order chi connectivity index (χ0) is 5.86. The van der Waals surface area contributed by atoms with Crippen LogP contribution in [0.25, 0.3) is 0 Å². The number of Topliss-reactive ketones (excluding diaryl/α,β-unsaturated/α-hetero) is 1. The van der Waals surface area contributed by atoms with Gasteiger partial charge < -0.3 is 5.11 Å². The van der Waals surface area contributed by atoms with E-state index >= 15 is 0 Å². The number of hydrogen-bond donors (Lipinski definition) is 1. The molecule has 0 aromatic rings. The second kappa shape index (κ2) is 4.78. The molecule has 0 aromatic carbocycles. The Morgan fingerprint density at radius 1 is 1.62 bits per heavy atom. The first kappa shape index (κ1) is 10.6. The molecule has 0 fully saturated rings. The third-order valence-electron chi connectivity index (χ3n) is 0.800. The van der Waals surface area contributed by atoms with Gasteiger partial charge in [0.25, 0.3) is 0 Å². The van der Waals surface area contributed by atoms with E-state index in [0.717, 1.165) is 0 Å². The molecule has 0 rings (SSSR count). The molecule has 0 saturated heterocycles. The zero-order valence-electron chi connectivity index (χ0n) is 4.64. The van der Waals surface area contributed by atoms with Crippen LogP contribution in [0.5, 0.6) is 0 Å². The summed E-state index contributed by atoms with van der Waals surface area (Å²) in [7, 11) is 0. The average molecular weight is 118 g/mol. The van der Waals surface area contributed by atoms with Gasteiger partial charge in [-0.2, -0.15) is 0 Å². The number of carbonyl (C=O) groups is 1. The van der Waals surface area contributed by atoms with Crippen LogP contribution in [0.15, 0.2) is 0 Å². The van der Waals surface area contributed by atoms with E-state index in [4.69, 9.17) is 5.11 Å². The zero-order valence-corrected chi connectivity index (χ0v) is 4.64. The molecule has 0 unspecified atom stereocenters. The van der Waals surface area contributed by atoms with Crippen molar-refractivity contribution < 1.29 is 9.90 Å². The van der Waals surface area contributed by atoms with Crippen LogP contribution in [-0.4, -0.2) is 17.5 Å². The molecule has 0 radical (unpaired) electrons. The lowest BCUT2D eigenvalue weighted by atomic mass is 10.1. The van der Waals surface area contributed by atoms with Crippen molar-refractivity contribution in [3.8, 4) is 0 Å². The third kappa shape index (κ3) is 3.81. The van der Waals surface area contributed by atoms with E-state index in [1.165, 1.54) is 0 Å². The van der Waals surface area contributed by atoms with Gasteiger partial charge in [-0.05, 0) is 0 Å². The van der Waals surface area contributed by atoms with Crippen LogP contribution in [0.3, 0.4) is 0 Å². The van der Waals surface area contributed by atoms with Gasteiger partial charge >= 0.3 is 0 Å². The molecule has 0 bridgehead atoms. The van der Waals surface area contributed by atoms with Crippen molar-refractivity contribution >= 4 is 5.78 Å². The Bertz CT molecular complexity index is 66.9. The van der Waals surface area contributed by atoms with E-state index < -0.39 is 0 Å². The maximum atomic E-state index is 10.3. The molecule has 1 N–H and O–H groups in total. The molecular formula is C6H14O2. The number of rotatable bonds is 2. The smallest absolute Gasteiger partial charge is 0.160 e. The van der Waals surface area contributed by atoms with Crippen molar-refractivity contribution in [3.05, 3.63) is 0 Å². The van der Waals surface area contributed by atoms with E-state index in [9.17, 15) is 4.79 Å². The standard InChI is InChI=1S/C5H10O2.CH4/c1-4(2)5(7)3-6;/h4,6H,3H2,1-2H3;1H4. The molecule has 0 atom stereocenters. The fraction of sp³-hybridized carbons (Fsp3) is 0.833. The Morgan fingerprint density at radius 3 is 2.00 bits per heavy atom. The highest BCUT2D eigenvalue weighted by atomic mass is 16.3. The Hall–Kier alpha value is -0.370. The van der Waals surface area contributed by atoms with Crippen molar-refractivity contribution in [2.45, 2.75) is 21.3 Å². The minimum absolute atomic E-state index is 0. The van der Waals surface area contributed by atoms with Crippen LogP contribution >= 0.6 is 0 Å². The summed E-state index contributed by atoms with van der Waals surface area (Å²) < 4.78 is 0. The molecule has 2 nitrogen and oxygen atoms in total. The molecular weight excluding hydrogens is 104 g/mol. The SMILES string of the molecule is C.CC(C)C(=O)CO. The summed E-state index contributed by atoms with van der Waals surface area (Å²) in [4.78, 5) is 10.3. The lowest BCUT2D eigenvalue weighted by molar-refractivity contribution is -0.124. The Labute approximate surface area is 50.5 Å². The highest BCUT2D eigenvalue weighted by molar-refractivity contribution is 5.81. The summed E-state index contributed by atoms with van der Waals surface area (Å²) in [5.41, 5.74) is 0. The van der Waals surface area contributed by atoms with Crippen LogP contribution < -0.4 is 0 Å². The lowest BCUT2D eigenvalue weighted by Gasteiger charge is -1.95. The van der Waals surface area contributed by atoms with Gasteiger partial charge in [0, 0.05) is 5.92 Å². The number of carbonyl (C=O) groups excluding carboxylic acids is 1. The predicted molar refractivity (Wildman–Crippen MR) is 33.7 cm³/mol. The summed E-state index contributed by atoms with van der Waals surface area (Å²) in [6, 6.07) is 0. The molecule has 50 valence electrons. The van der Waals surface area contributed by atoms with E-state index in [0.29, 0.717) is 0 Å². The maximum Gasteiger partial charge on any atom is 0.160 e. The van der Waals surface area contributed by atoms with Crippen molar-refractivity contribution in [2.24, 2.45) is 5.92 Å². The predicted octanol–water partition coefficient (Wildman–Crippen LogP) is 0.840. The maximum absolute atomic E-state index is 10.3. The monoisotopic (exact) mass is 118 g/mol. The lowest BCUT2D eigenvalue weighted by Crippen LogP contribution is -2.10. The molecule has 0 aliphatic carbocycles. The van der Waals surface area contributed by atoms with E-state index in [1.807, 2.05) is 0 Å². The summed E-state index contributed by atoms with van der Waals surface area (Å²) in [6.45, 7) is 3.20.